The molecule has 1 atom stereocenters. The van der Waals surface area contributed by atoms with E-state index in [0.29, 0.717) is 37.6 Å². The predicted octanol–water partition coefficient (Wildman–Crippen LogP) is 3.74. The minimum absolute atomic E-state index is 0.0658. The van der Waals surface area contributed by atoms with Crippen molar-refractivity contribution in [3.63, 3.8) is 0 Å². The molecule has 0 bridgehead atoms. The molecule has 18 heavy (non-hydrogen) atoms. The van der Waals surface area contributed by atoms with E-state index in [1.165, 1.54) is 0 Å². The average Bonchev–Trinajstić information content (AvgIpc) is 2.35. The molecule has 0 amide bonds. The minimum Gasteiger partial charge on any atom is -0.670 e. The second-order valence-electron chi connectivity index (χ2n) is 3.63. The van der Waals surface area contributed by atoms with Gasteiger partial charge in [0.25, 0.3) is 0 Å². The Hall–Kier alpha value is -0.620. The van der Waals surface area contributed by atoms with Crippen molar-refractivity contribution in [3.8, 4) is 0 Å². The lowest BCUT2D eigenvalue weighted by atomic mass is 10.1. The number of rotatable bonds is 7. The number of halogens is 2. The van der Waals surface area contributed by atoms with E-state index >= 15 is 0 Å². The highest BCUT2D eigenvalue weighted by atomic mass is 35.5. The fraction of sp³-hybridized carbons (Fsp3) is 0.636. The Balaban J connectivity index is 2.86. The molecule has 1 rings (SSSR count). The topological polar surface area (TPSA) is 70.8 Å². The summed E-state index contributed by atoms with van der Waals surface area (Å²) in [6.45, 7) is 5.65. The van der Waals surface area contributed by atoms with E-state index in [9.17, 15) is 0 Å². The van der Waals surface area contributed by atoms with Gasteiger partial charge in [-0.2, -0.15) is 0 Å². The smallest absolute Gasteiger partial charge is 0.224 e. The Morgan fingerprint density at radius 1 is 1.33 bits per heavy atom. The summed E-state index contributed by atoms with van der Waals surface area (Å²) in [5.74, 6) is 0. The van der Waals surface area contributed by atoms with Gasteiger partial charge in [0, 0.05) is 13.2 Å². The zero-order chi connectivity index (χ0) is 13.5. The molecular weight excluding hydrogens is 275 g/mol. The Morgan fingerprint density at radius 2 is 2.06 bits per heavy atom. The van der Waals surface area contributed by atoms with Crippen molar-refractivity contribution < 1.29 is 4.74 Å². The second-order valence-corrected chi connectivity index (χ2v) is 4.32. The number of hydrogen-bond acceptors (Lipinski definition) is 4. The molecule has 1 aromatic rings. The van der Waals surface area contributed by atoms with Crippen LogP contribution in [0.25, 0.3) is 5.73 Å². The summed E-state index contributed by atoms with van der Waals surface area (Å²) in [7, 11) is 0. The average molecular weight is 292 g/mol. The molecule has 0 aromatic carbocycles. The van der Waals surface area contributed by atoms with Gasteiger partial charge in [-0.3, -0.25) is 0 Å². The number of aromatic nitrogens is 2. The summed E-state index contributed by atoms with van der Waals surface area (Å²) >= 11 is 11.8. The highest BCUT2D eigenvalue weighted by molar-refractivity contribution is 6.33. The first-order valence-corrected chi connectivity index (χ1v) is 6.61. The third kappa shape index (κ3) is 4.24. The molecule has 2 N–H and O–H groups in total. The van der Waals surface area contributed by atoms with E-state index in [-0.39, 0.29) is 10.4 Å². The number of ether oxygens (including phenoxy) is 1. The third-order valence-electron chi connectivity index (χ3n) is 2.36. The molecule has 0 saturated carbocycles. The summed E-state index contributed by atoms with van der Waals surface area (Å²) in [4.78, 5) is 7.97. The Kier molecular flexibility index (Phi) is 6.63. The van der Waals surface area contributed by atoms with Crippen LogP contribution in [0.15, 0.2) is 0 Å². The summed E-state index contributed by atoms with van der Waals surface area (Å²) in [5.41, 5.74) is 9.03. The van der Waals surface area contributed by atoms with Gasteiger partial charge in [-0.15, -0.1) is 0 Å². The predicted molar refractivity (Wildman–Crippen MR) is 74.4 cm³/mol. The lowest BCUT2D eigenvalue weighted by Crippen LogP contribution is -2.13. The van der Waals surface area contributed by atoms with Crippen molar-refractivity contribution >= 4 is 28.9 Å². The van der Waals surface area contributed by atoms with Crippen LogP contribution in [0.1, 0.15) is 32.0 Å². The maximum Gasteiger partial charge on any atom is 0.224 e. The van der Waals surface area contributed by atoms with Crippen LogP contribution in [-0.4, -0.2) is 29.7 Å². The van der Waals surface area contributed by atoms with Crippen LogP contribution >= 0.6 is 23.2 Å². The summed E-state index contributed by atoms with van der Waals surface area (Å²) < 4.78 is 5.23. The van der Waals surface area contributed by atoms with E-state index in [1.54, 1.807) is 0 Å². The van der Waals surface area contributed by atoms with Crippen LogP contribution in [-0.2, 0) is 4.74 Å². The number of hydrogen-bond donors (Lipinski definition) is 1. The lowest BCUT2D eigenvalue weighted by Gasteiger charge is -2.22. The summed E-state index contributed by atoms with van der Waals surface area (Å²) in [6.07, 6.45) is 0.629. The van der Waals surface area contributed by atoms with Crippen molar-refractivity contribution in [1.29, 1.82) is 0 Å². The fourth-order valence-electron chi connectivity index (χ4n) is 1.42. The fourth-order valence-corrected chi connectivity index (χ4v) is 1.89. The first-order valence-electron chi connectivity index (χ1n) is 5.85. The van der Waals surface area contributed by atoms with Crippen molar-refractivity contribution in [2.24, 2.45) is 0 Å². The van der Waals surface area contributed by atoms with Gasteiger partial charge in [-0.25, -0.2) is 9.97 Å². The van der Waals surface area contributed by atoms with Crippen LogP contribution in [0.5, 0.6) is 0 Å². The normalized spacial score (nSPS) is 12.5. The van der Waals surface area contributed by atoms with Gasteiger partial charge in [-0.05, 0) is 18.5 Å². The highest BCUT2D eigenvalue weighted by Crippen LogP contribution is 2.31. The van der Waals surface area contributed by atoms with Gasteiger partial charge in [0.15, 0.2) is 5.15 Å². The van der Waals surface area contributed by atoms with E-state index in [4.69, 9.17) is 33.7 Å². The molecule has 1 unspecified atom stereocenters. The van der Waals surface area contributed by atoms with Crippen molar-refractivity contribution in [2.75, 3.05) is 25.1 Å². The van der Waals surface area contributed by atoms with Crippen LogP contribution in [0.4, 0.5) is 5.69 Å². The van der Waals surface area contributed by atoms with E-state index in [0.717, 1.165) is 0 Å². The molecule has 0 saturated heterocycles. The SMILES string of the molecule is CCOCCNc1c(Cl)nc(Cl)nc1C([NH-])CC. The maximum absolute atomic E-state index is 7.93. The van der Waals surface area contributed by atoms with E-state index < -0.39 is 6.04 Å². The van der Waals surface area contributed by atoms with Gasteiger partial charge in [-0.1, -0.05) is 31.0 Å². The Morgan fingerprint density at radius 3 is 2.67 bits per heavy atom. The maximum atomic E-state index is 7.93. The minimum atomic E-state index is -0.474. The second kappa shape index (κ2) is 7.74. The van der Waals surface area contributed by atoms with Gasteiger partial charge in [0.1, 0.15) is 0 Å². The molecule has 0 aliphatic carbocycles. The third-order valence-corrected chi connectivity index (χ3v) is 2.80. The molecule has 7 heteroatoms. The molecule has 0 aliphatic rings. The Labute approximate surface area is 117 Å². The quantitative estimate of drug-likeness (QED) is 0.472. The van der Waals surface area contributed by atoms with Crippen LogP contribution < -0.4 is 5.32 Å². The zero-order valence-electron chi connectivity index (χ0n) is 10.5. The first kappa shape index (κ1) is 15.4. The largest absolute Gasteiger partial charge is 0.670 e. The summed E-state index contributed by atoms with van der Waals surface area (Å²) in [5, 5.41) is 3.41. The zero-order valence-corrected chi connectivity index (χ0v) is 12.0. The molecule has 0 spiro atoms. The molecule has 0 radical (unpaired) electrons. The van der Waals surface area contributed by atoms with Gasteiger partial charge < -0.3 is 15.8 Å². The standard InChI is InChI=1S/C11H17Cl2N4O/c1-3-7(14)8-9(15-5-6-18-4-2)10(12)17-11(13)16-8/h7,14-15H,3-6H2,1-2H3/q-1. The monoisotopic (exact) mass is 291 g/mol. The molecule has 0 fully saturated rings. The van der Waals surface area contributed by atoms with Crippen LogP contribution in [0.2, 0.25) is 10.4 Å². The van der Waals surface area contributed by atoms with Crippen molar-refractivity contribution in [1.82, 2.24) is 9.97 Å². The highest BCUT2D eigenvalue weighted by Gasteiger charge is 2.13. The summed E-state index contributed by atoms with van der Waals surface area (Å²) in [6, 6.07) is -0.474. The lowest BCUT2D eigenvalue weighted by molar-refractivity contribution is 0.158. The number of nitrogens with zero attached hydrogens (tertiary/aromatic N) is 2. The van der Waals surface area contributed by atoms with E-state index in [1.807, 2.05) is 13.8 Å². The van der Waals surface area contributed by atoms with Gasteiger partial charge >= 0.3 is 0 Å². The number of anilines is 1. The van der Waals surface area contributed by atoms with Crippen LogP contribution in [0, 0.1) is 0 Å². The molecule has 102 valence electrons. The molecule has 1 heterocycles. The van der Waals surface area contributed by atoms with Crippen molar-refractivity contribution in [3.05, 3.63) is 21.9 Å². The number of nitrogens with one attached hydrogen (secondary N) is 2. The first-order chi connectivity index (χ1) is 8.60. The van der Waals surface area contributed by atoms with Gasteiger partial charge in [0.05, 0.1) is 18.0 Å². The molecule has 1 aromatic heterocycles. The van der Waals surface area contributed by atoms with Crippen molar-refractivity contribution in [2.45, 2.75) is 26.3 Å². The molecule has 0 aliphatic heterocycles. The Bertz CT molecular complexity index is 390. The van der Waals surface area contributed by atoms with E-state index in [2.05, 4.69) is 15.3 Å². The molecular formula is C11H17Cl2N4O-. The van der Waals surface area contributed by atoms with Gasteiger partial charge in [0.2, 0.25) is 5.28 Å². The van der Waals surface area contributed by atoms with Crippen LogP contribution in [0.3, 0.4) is 0 Å². The molecule has 5 nitrogen and oxygen atoms in total.